The topological polar surface area (TPSA) is 111 Å². The molecule has 1 amide bonds. The molecule has 3 aromatic carbocycles. The molecule has 238 valence electrons. The molecule has 1 saturated heterocycles. The molecule has 3 heterocycles. The number of rotatable bonds is 7. The third-order valence-electron chi connectivity index (χ3n) is 8.00. The van der Waals surface area contributed by atoms with Gasteiger partial charge in [0.15, 0.2) is 5.65 Å². The molecule has 0 unspecified atom stereocenters. The molecule has 6 rings (SSSR count). The Labute approximate surface area is 259 Å². The van der Waals surface area contributed by atoms with Crippen molar-refractivity contribution in [3.8, 4) is 17.0 Å². The predicted molar refractivity (Wildman–Crippen MR) is 161 cm³/mol. The fourth-order valence-electron chi connectivity index (χ4n) is 5.63. The number of benzene rings is 3. The van der Waals surface area contributed by atoms with Crippen LogP contribution in [-0.2, 0) is 12.7 Å². The third kappa shape index (κ3) is 6.20. The number of amides is 1. The second-order valence-electron chi connectivity index (χ2n) is 10.9. The molecular formula is C32H28F5N7O2. The molecule has 1 aliphatic heterocycles. The van der Waals surface area contributed by atoms with E-state index in [9.17, 15) is 26.7 Å². The molecule has 46 heavy (non-hydrogen) atoms. The minimum atomic E-state index is -4.75. The first-order valence-corrected chi connectivity index (χ1v) is 14.3. The van der Waals surface area contributed by atoms with E-state index in [1.165, 1.54) is 31.6 Å². The van der Waals surface area contributed by atoms with Gasteiger partial charge in [0.25, 0.3) is 5.91 Å². The highest BCUT2D eigenvalue weighted by atomic mass is 19.4. The highest BCUT2D eigenvalue weighted by Crippen LogP contribution is 2.38. The number of carbonyl (C=O) groups is 1. The molecule has 1 fully saturated rings. The van der Waals surface area contributed by atoms with Gasteiger partial charge in [-0.2, -0.15) is 18.3 Å². The van der Waals surface area contributed by atoms with Crippen LogP contribution in [0.2, 0.25) is 0 Å². The number of piperidine rings is 1. The SMILES string of the molecule is COc1cc(-c2nn(C3CCN(Cc4ccc(F)cc4)CC3)c3ncnc(N)c23)ccc1NC(=O)c1ccc(C(F)(F)F)cc1F. The van der Waals surface area contributed by atoms with E-state index in [4.69, 9.17) is 15.6 Å². The van der Waals surface area contributed by atoms with E-state index >= 15 is 0 Å². The number of nitrogens with two attached hydrogens (primary N) is 1. The number of hydrogen-bond donors (Lipinski definition) is 2. The van der Waals surface area contributed by atoms with E-state index in [-0.39, 0.29) is 35.2 Å². The maximum absolute atomic E-state index is 14.4. The van der Waals surface area contributed by atoms with Crippen molar-refractivity contribution in [2.24, 2.45) is 0 Å². The van der Waals surface area contributed by atoms with Crippen LogP contribution in [0.4, 0.5) is 33.5 Å². The first kappa shape index (κ1) is 30.9. The Morgan fingerprint density at radius 2 is 1.76 bits per heavy atom. The first-order chi connectivity index (χ1) is 22.0. The van der Waals surface area contributed by atoms with E-state index < -0.39 is 29.0 Å². The standard InChI is InChI=1S/C32H28F5N7O2/c1-46-26-14-19(4-9-25(26)41-31(45)23-8-5-20(15-24(23)34)32(35,36)37)28-27-29(38)39-17-40-30(27)44(42-28)22-10-12-43(13-11-22)16-18-2-6-21(33)7-3-18/h2-9,14-15,17,22H,10-13,16H2,1H3,(H,41,45)(H2,38,39,40). The number of aromatic nitrogens is 4. The van der Waals surface area contributed by atoms with E-state index in [0.29, 0.717) is 34.9 Å². The summed E-state index contributed by atoms with van der Waals surface area (Å²) in [5, 5.41) is 7.95. The van der Waals surface area contributed by atoms with Crippen LogP contribution in [0.1, 0.15) is 40.4 Å². The number of nitrogen functional groups attached to an aromatic ring is 1. The largest absolute Gasteiger partial charge is 0.495 e. The lowest BCUT2D eigenvalue weighted by molar-refractivity contribution is -0.137. The molecule has 1 aliphatic rings. The van der Waals surface area contributed by atoms with E-state index in [2.05, 4.69) is 20.2 Å². The molecular weight excluding hydrogens is 609 g/mol. The van der Waals surface area contributed by atoms with Crippen LogP contribution in [0, 0.1) is 11.6 Å². The molecule has 0 atom stereocenters. The van der Waals surface area contributed by atoms with Gasteiger partial charge in [-0.1, -0.05) is 18.2 Å². The smallest absolute Gasteiger partial charge is 0.416 e. The zero-order valence-corrected chi connectivity index (χ0v) is 24.5. The van der Waals surface area contributed by atoms with Gasteiger partial charge in [0, 0.05) is 25.2 Å². The fourth-order valence-corrected chi connectivity index (χ4v) is 5.63. The molecule has 3 N–H and O–H groups in total. The highest BCUT2D eigenvalue weighted by molar-refractivity contribution is 6.06. The zero-order chi connectivity index (χ0) is 32.6. The van der Waals surface area contributed by atoms with Crippen molar-refractivity contribution in [1.82, 2.24) is 24.6 Å². The van der Waals surface area contributed by atoms with Crippen LogP contribution < -0.4 is 15.8 Å². The maximum atomic E-state index is 14.4. The summed E-state index contributed by atoms with van der Waals surface area (Å²) in [6.45, 7) is 2.30. The van der Waals surface area contributed by atoms with E-state index in [0.717, 1.165) is 37.6 Å². The summed E-state index contributed by atoms with van der Waals surface area (Å²) in [7, 11) is 1.38. The van der Waals surface area contributed by atoms with Gasteiger partial charge >= 0.3 is 6.18 Å². The summed E-state index contributed by atoms with van der Waals surface area (Å²) in [5.41, 5.74) is 7.38. The molecule has 0 aliphatic carbocycles. The number of alkyl halides is 3. The second kappa shape index (κ2) is 12.4. The molecule has 0 radical (unpaired) electrons. The Hall–Kier alpha value is -5.11. The summed E-state index contributed by atoms with van der Waals surface area (Å²) in [6, 6.07) is 13.0. The number of hydrogen-bond acceptors (Lipinski definition) is 7. The highest BCUT2D eigenvalue weighted by Gasteiger charge is 2.32. The summed E-state index contributed by atoms with van der Waals surface area (Å²) in [4.78, 5) is 23.8. The molecule has 5 aromatic rings. The van der Waals surface area contributed by atoms with Gasteiger partial charge in [-0.05, 0) is 60.9 Å². The van der Waals surface area contributed by atoms with Gasteiger partial charge in [-0.3, -0.25) is 9.69 Å². The number of ether oxygens (including phenoxy) is 1. The molecule has 0 bridgehead atoms. The van der Waals surface area contributed by atoms with Crippen molar-refractivity contribution in [2.45, 2.75) is 31.6 Å². The number of likely N-dealkylation sites (tertiary alicyclic amines) is 1. The van der Waals surface area contributed by atoms with Gasteiger partial charge < -0.3 is 15.8 Å². The van der Waals surface area contributed by atoms with Crippen molar-refractivity contribution in [1.29, 1.82) is 0 Å². The number of methoxy groups -OCH3 is 1. The Morgan fingerprint density at radius 1 is 1.02 bits per heavy atom. The molecule has 2 aromatic heterocycles. The number of carbonyl (C=O) groups excluding carboxylic acids is 1. The summed E-state index contributed by atoms with van der Waals surface area (Å²) in [6.07, 6.45) is -1.79. The minimum absolute atomic E-state index is 0.0223. The van der Waals surface area contributed by atoms with Crippen LogP contribution in [-0.4, -0.2) is 50.8 Å². The van der Waals surface area contributed by atoms with Crippen molar-refractivity contribution in [2.75, 3.05) is 31.2 Å². The summed E-state index contributed by atoms with van der Waals surface area (Å²) < 4.78 is 73.9. The lowest BCUT2D eigenvalue weighted by atomic mass is 10.0. The van der Waals surface area contributed by atoms with Crippen LogP contribution >= 0.6 is 0 Å². The Bertz CT molecular complexity index is 1900. The van der Waals surface area contributed by atoms with Crippen molar-refractivity contribution in [3.63, 3.8) is 0 Å². The van der Waals surface area contributed by atoms with Crippen molar-refractivity contribution >= 4 is 28.4 Å². The average Bonchev–Trinajstić information content (AvgIpc) is 3.43. The van der Waals surface area contributed by atoms with Gasteiger partial charge in [0.1, 0.15) is 35.2 Å². The Kier molecular flexibility index (Phi) is 8.30. The summed E-state index contributed by atoms with van der Waals surface area (Å²) in [5.74, 6) is -2.10. The van der Waals surface area contributed by atoms with Crippen LogP contribution in [0.5, 0.6) is 5.75 Å². The molecule has 14 heteroatoms. The second-order valence-corrected chi connectivity index (χ2v) is 10.9. The normalized spacial score (nSPS) is 14.5. The molecule has 0 spiro atoms. The van der Waals surface area contributed by atoms with Gasteiger partial charge in [0.05, 0.1) is 35.4 Å². The lowest BCUT2D eigenvalue weighted by Crippen LogP contribution is -2.34. The maximum Gasteiger partial charge on any atom is 0.416 e. The van der Waals surface area contributed by atoms with Crippen LogP contribution in [0.3, 0.4) is 0 Å². The van der Waals surface area contributed by atoms with Gasteiger partial charge in [0.2, 0.25) is 0 Å². The number of nitrogens with one attached hydrogen (secondary N) is 1. The van der Waals surface area contributed by atoms with Crippen molar-refractivity contribution < 1.29 is 31.5 Å². The van der Waals surface area contributed by atoms with Crippen molar-refractivity contribution in [3.05, 3.63) is 95.3 Å². The lowest BCUT2D eigenvalue weighted by Gasteiger charge is -2.32. The van der Waals surface area contributed by atoms with E-state index in [1.807, 2.05) is 4.68 Å². The Morgan fingerprint density at radius 3 is 2.43 bits per heavy atom. The number of halogens is 5. The first-order valence-electron chi connectivity index (χ1n) is 14.3. The average molecular weight is 638 g/mol. The predicted octanol–water partition coefficient (Wildman–Crippen LogP) is 6.47. The Balaban J connectivity index is 1.24. The monoisotopic (exact) mass is 637 g/mol. The minimum Gasteiger partial charge on any atom is -0.495 e. The zero-order valence-electron chi connectivity index (χ0n) is 24.5. The molecule has 0 saturated carbocycles. The number of fused-ring (bicyclic) bond motifs is 1. The molecule has 9 nitrogen and oxygen atoms in total. The van der Waals surface area contributed by atoms with E-state index in [1.54, 1.807) is 24.3 Å². The quantitative estimate of drug-likeness (QED) is 0.197. The van der Waals surface area contributed by atoms with Crippen LogP contribution in [0.15, 0.2) is 67.0 Å². The fraction of sp³-hybridized carbons (Fsp3) is 0.250. The number of anilines is 2. The van der Waals surface area contributed by atoms with Gasteiger partial charge in [-0.15, -0.1) is 0 Å². The van der Waals surface area contributed by atoms with Gasteiger partial charge in [-0.25, -0.2) is 23.4 Å². The van der Waals surface area contributed by atoms with Crippen LogP contribution in [0.25, 0.3) is 22.3 Å². The number of nitrogens with zero attached hydrogens (tertiary/aromatic N) is 5. The third-order valence-corrected chi connectivity index (χ3v) is 8.00. The summed E-state index contributed by atoms with van der Waals surface area (Å²) >= 11 is 0.